The van der Waals surface area contributed by atoms with Crippen LogP contribution in [0.2, 0.25) is 5.02 Å². The Bertz CT molecular complexity index is 606. The van der Waals surface area contributed by atoms with Crippen molar-refractivity contribution in [2.75, 3.05) is 19.7 Å². The smallest absolute Gasteiger partial charge is 0.321 e. The number of halogens is 2. The molecule has 1 aromatic carbocycles. The number of nitrogens with zero attached hydrogens (tertiary/aromatic N) is 1. The van der Waals surface area contributed by atoms with Gasteiger partial charge in [0.15, 0.2) is 0 Å². The summed E-state index contributed by atoms with van der Waals surface area (Å²) in [6, 6.07) is 3.07. The molecule has 0 aliphatic rings. The molecule has 0 amide bonds. The van der Waals surface area contributed by atoms with Crippen molar-refractivity contribution in [1.29, 1.82) is 0 Å². The molecule has 0 saturated heterocycles. The van der Waals surface area contributed by atoms with Crippen LogP contribution in [-0.4, -0.2) is 38.4 Å². The standard InChI is InChI=1S/C13H17ClFNO4S/c1-3-7-16(9-13(17)20-4-2)21(18,19)12-8-10(15)5-6-11(12)14/h5-6,8H,3-4,7,9H2,1-2H3. The SMILES string of the molecule is CCCN(CC(=O)OCC)S(=O)(=O)c1cc(F)ccc1Cl. The molecule has 0 heterocycles. The molecule has 5 nitrogen and oxygen atoms in total. The van der Waals surface area contributed by atoms with Gasteiger partial charge >= 0.3 is 5.97 Å². The molecule has 118 valence electrons. The lowest BCUT2D eigenvalue weighted by Gasteiger charge is -2.21. The highest BCUT2D eigenvalue weighted by molar-refractivity contribution is 7.89. The van der Waals surface area contributed by atoms with E-state index >= 15 is 0 Å². The van der Waals surface area contributed by atoms with Crippen LogP contribution in [0.1, 0.15) is 20.3 Å². The molecule has 8 heteroatoms. The largest absolute Gasteiger partial charge is 0.465 e. The van der Waals surface area contributed by atoms with Crippen molar-refractivity contribution in [2.24, 2.45) is 0 Å². The molecule has 21 heavy (non-hydrogen) atoms. The summed E-state index contributed by atoms with van der Waals surface area (Å²) >= 11 is 5.83. The quantitative estimate of drug-likeness (QED) is 0.717. The summed E-state index contributed by atoms with van der Waals surface area (Å²) in [5.41, 5.74) is 0. The summed E-state index contributed by atoms with van der Waals surface area (Å²) in [5, 5.41) is -0.0960. The van der Waals surface area contributed by atoms with Gasteiger partial charge in [0, 0.05) is 6.54 Å². The third-order valence-corrected chi connectivity index (χ3v) is 4.92. The van der Waals surface area contributed by atoms with Gasteiger partial charge in [-0.2, -0.15) is 4.31 Å². The lowest BCUT2D eigenvalue weighted by Crippen LogP contribution is -2.37. The van der Waals surface area contributed by atoms with E-state index in [9.17, 15) is 17.6 Å². The Labute approximate surface area is 128 Å². The minimum atomic E-state index is -4.07. The zero-order valence-corrected chi connectivity index (χ0v) is 13.4. The summed E-state index contributed by atoms with van der Waals surface area (Å²) in [5.74, 6) is -1.38. The Balaban J connectivity index is 3.15. The number of benzene rings is 1. The summed E-state index contributed by atoms with van der Waals surface area (Å²) in [4.78, 5) is 11.2. The summed E-state index contributed by atoms with van der Waals surface area (Å²) in [6.07, 6.45) is 0.492. The van der Waals surface area contributed by atoms with Gasteiger partial charge in [-0.05, 0) is 31.5 Å². The van der Waals surface area contributed by atoms with E-state index < -0.39 is 28.4 Å². The van der Waals surface area contributed by atoms with E-state index in [2.05, 4.69) is 0 Å². The first kappa shape index (κ1) is 17.9. The molecule has 0 radical (unpaired) electrons. The normalized spacial score (nSPS) is 11.7. The number of carbonyl (C=O) groups excluding carboxylic acids is 1. The first-order valence-electron chi connectivity index (χ1n) is 6.43. The molecule has 0 N–H and O–H groups in total. The van der Waals surface area contributed by atoms with Crippen molar-refractivity contribution in [3.05, 3.63) is 29.0 Å². The Morgan fingerprint density at radius 1 is 1.38 bits per heavy atom. The van der Waals surface area contributed by atoms with Crippen LogP contribution in [0.5, 0.6) is 0 Å². The van der Waals surface area contributed by atoms with E-state index in [1.165, 1.54) is 0 Å². The van der Waals surface area contributed by atoms with Crippen molar-refractivity contribution in [3.63, 3.8) is 0 Å². The number of rotatable bonds is 7. The molecule has 0 atom stereocenters. The number of esters is 1. The lowest BCUT2D eigenvalue weighted by molar-refractivity contribution is -0.143. The highest BCUT2D eigenvalue weighted by Gasteiger charge is 2.28. The topological polar surface area (TPSA) is 63.7 Å². The highest BCUT2D eigenvalue weighted by atomic mass is 35.5. The molecular formula is C13H17ClFNO4S. The monoisotopic (exact) mass is 337 g/mol. The molecule has 1 rings (SSSR count). The zero-order chi connectivity index (χ0) is 16.0. The fourth-order valence-corrected chi connectivity index (χ4v) is 3.66. The van der Waals surface area contributed by atoms with Gasteiger partial charge in [0.05, 0.1) is 11.6 Å². The van der Waals surface area contributed by atoms with Crippen LogP contribution in [0.4, 0.5) is 4.39 Å². The summed E-state index contributed by atoms with van der Waals surface area (Å²) in [6.45, 7) is 3.21. The molecule has 0 unspecified atom stereocenters. The summed E-state index contributed by atoms with van der Waals surface area (Å²) < 4.78 is 44.0. The fraction of sp³-hybridized carbons (Fsp3) is 0.462. The molecule has 0 aromatic heterocycles. The van der Waals surface area contributed by atoms with Gasteiger partial charge in [-0.3, -0.25) is 4.79 Å². The third kappa shape index (κ3) is 4.66. The maximum atomic E-state index is 13.3. The molecule has 0 bridgehead atoms. The summed E-state index contributed by atoms with van der Waals surface area (Å²) in [7, 11) is -4.07. The minimum absolute atomic E-state index is 0.0960. The second kappa shape index (κ2) is 7.72. The lowest BCUT2D eigenvalue weighted by atomic mass is 10.3. The Morgan fingerprint density at radius 3 is 2.62 bits per heavy atom. The first-order valence-corrected chi connectivity index (χ1v) is 8.25. The van der Waals surface area contributed by atoms with Crippen LogP contribution in [0.25, 0.3) is 0 Å². The van der Waals surface area contributed by atoms with Crippen molar-refractivity contribution in [2.45, 2.75) is 25.2 Å². The van der Waals surface area contributed by atoms with Crippen molar-refractivity contribution in [3.8, 4) is 0 Å². The minimum Gasteiger partial charge on any atom is -0.465 e. The maximum absolute atomic E-state index is 13.3. The third-order valence-electron chi connectivity index (χ3n) is 2.59. The average Bonchev–Trinajstić information content (AvgIpc) is 2.41. The second-order valence-electron chi connectivity index (χ2n) is 4.22. The van der Waals surface area contributed by atoms with E-state index in [0.717, 1.165) is 22.5 Å². The van der Waals surface area contributed by atoms with E-state index in [1.54, 1.807) is 13.8 Å². The zero-order valence-electron chi connectivity index (χ0n) is 11.8. The van der Waals surface area contributed by atoms with Gasteiger partial charge in [-0.15, -0.1) is 0 Å². The highest BCUT2D eigenvalue weighted by Crippen LogP contribution is 2.25. The van der Waals surface area contributed by atoms with Gasteiger partial charge in [0.1, 0.15) is 17.3 Å². The van der Waals surface area contributed by atoms with Crippen molar-refractivity contribution < 1.29 is 22.3 Å². The number of ether oxygens (including phenoxy) is 1. The van der Waals surface area contributed by atoms with Crippen LogP contribution in [-0.2, 0) is 19.6 Å². The fourth-order valence-electron chi connectivity index (χ4n) is 1.70. The van der Waals surface area contributed by atoms with Crippen LogP contribution in [0.3, 0.4) is 0 Å². The molecule has 0 saturated carbocycles. The van der Waals surface area contributed by atoms with E-state index in [1.807, 2.05) is 0 Å². The van der Waals surface area contributed by atoms with E-state index in [-0.39, 0.29) is 23.1 Å². The predicted octanol–water partition coefficient (Wildman–Crippen LogP) is 2.44. The first-order chi connectivity index (χ1) is 9.82. The molecule has 0 spiro atoms. The van der Waals surface area contributed by atoms with E-state index in [0.29, 0.717) is 6.42 Å². The van der Waals surface area contributed by atoms with Crippen molar-refractivity contribution >= 4 is 27.6 Å². The van der Waals surface area contributed by atoms with Gasteiger partial charge in [0.25, 0.3) is 0 Å². The van der Waals surface area contributed by atoms with Gasteiger partial charge < -0.3 is 4.74 Å². The number of sulfonamides is 1. The van der Waals surface area contributed by atoms with Crippen LogP contribution < -0.4 is 0 Å². The van der Waals surface area contributed by atoms with Crippen molar-refractivity contribution in [1.82, 2.24) is 4.31 Å². The Kier molecular flexibility index (Phi) is 6.57. The van der Waals surface area contributed by atoms with Crippen LogP contribution in [0, 0.1) is 5.82 Å². The molecule has 0 aliphatic heterocycles. The molecular weight excluding hydrogens is 321 g/mol. The van der Waals surface area contributed by atoms with Gasteiger partial charge in [0.2, 0.25) is 10.0 Å². The predicted molar refractivity (Wildman–Crippen MR) is 77.1 cm³/mol. The number of hydrogen-bond donors (Lipinski definition) is 0. The average molecular weight is 338 g/mol. The van der Waals surface area contributed by atoms with Gasteiger partial charge in [-0.1, -0.05) is 18.5 Å². The Morgan fingerprint density at radius 2 is 2.05 bits per heavy atom. The number of hydrogen-bond acceptors (Lipinski definition) is 4. The van der Waals surface area contributed by atoms with E-state index in [4.69, 9.17) is 16.3 Å². The van der Waals surface area contributed by atoms with Crippen LogP contribution in [0.15, 0.2) is 23.1 Å². The Hall–Kier alpha value is -1.18. The number of carbonyl (C=O) groups is 1. The second-order valence-corrected chi connectivity index (χ2v) is 6.53. The molecule has 0 aliphatic carbocycles. The maximum Gasteiger partial charge on any atom is 0.321 e. The van der Waals surface area contributed by atoms with Gasteiger partial charge in [-0.25, -0.2) is 12.8 Å². The van der Waals surface area contributed by atoms with Crippen LogP contribution >= 0.6 is 11.6 Å². The molecule has 0 fully saturated rings. The molecule has 1 aromatic rings.